The van der Waals surface area contributed by atoms with Gasteiger partial charge in [-0.15, -0.1) is 0 Å². The van der Waals surface area contributed by atoms with Crippen molar-refractivity contribution in [3.8, 4) is 5.69 Å². The summed E-state index contributed by atoms with van der Waals surface area (Å²) in [6, 6.07) is 7.17. The van der Waals surface area contributed by atoms with Crippen LogP contribution in [-0.4, -0.2) is 9.78 Å². The summed E-state index contributed by atoms with van der Waals surface area (Å²) >= 11 is 5.77. The summed E-state index contributed by atoms with van der Waals surface area (Å²) in [6.45, 7) is 0. The molecule has 2 rings (SSSR count). The number of nitrogen functional groups attached to an aromatic ring is 1. The van der Waals surface area contributed by atoms with Crippen LogP contribution in [0.25, 0.3) is 5.69 Å². The molecule has 0 fully saturated rings. The summed E-state index contributed by atoms with van der Waals surface area (Å²) in [7, 11) is 0. The van der Waals surface area contributed by atoms with Crippen molar-refractivity contribution in [3.05, 3.63) is 41.7 Å². The molecule has 0 spiro atoms. The van der Waals surface area contributed by atoms with Crippen molar-refractivity contribution in [1.82, 2.24) is 9.78 Å². The first kappa shape index (κ1) is 8.13. The second kappa shape index (κ2) is 3.11. The summed E-state index contributed by atoms with van der Waals surface area (Å²) in [5.41, 5.74) is 7.23. The van der Waals surface area contributed by atoms with Crippen LogP contribution >= 0.6 is 11.6 Å². The molecule has 1 heterocycles. The predicted molar refractivity (Wildman–Crippen MR) is 53.0 cm³/mol. The normalized spacial score (nSPS) is 10.2. The van der Waals surface area contributed by atoms with Gasteiger partial charge in [-0.3, -0.25) is 0 Å². The zero-order valence-corrected chi connectivity index (χ0v) is 7.57. The summed E-state index contributed by atoms with van der Waals surface area (Å²) in [6.07, 6.45) is 3.54. The lowest BCUT2D eigenvalue weighted by atomic mass is 10.3. The Morgan fingerprint density at radius 2 is 2.23 bits per heavy atom. The summed E-state index contributed by atoms with van der Waals surface area (Å²) in [5.74, 6) is 0. The molecule has 2 aromatic rings. The van der Waals surface area contributed by atoms with E-state index in [0.717, 1.165) is 5.69 Å². The molecule has 1 aromatic heterocycles. The van der Waals surface area contributed by atoms with Crippen molar-refractivity contribution in [1.29, 1.82) is 0 Å². The molecule has 0 unspecified atom stereocenters. The molecular formula is C9H8ClN3. The molecular weight excluding hydrogens is 186 g/mol. The number of benzene rings is 1. The van der Waals surface area contributed by atoms with Crippen LogP contribution in [0.3, 0.4) is 0 Å². The van der Waals surface area contributed by atoms with E-state index in [1.165, 1.54) is 0 Å². The lowest BCUT2D eigenvalue weighted by Gasteiger charge is -2.04. The van der Waals surface area contributed by atoms with E-state index in [4.69, 9.17) is 17.3 Å². The average molecular weight is 194 g/mol. The Balaban J connectivity index is 2.53. The van der Waals surface area contributed by atoms with E-state index in [2.05, 4.69) is 5.10 Å². The van der Waals surface area contributed by atoms with Gasteiger partial charge in [-0.25, -0.2) is 4.68 Å². The molecule has 0 bridgehead atoms. The van der Waals surface area contributed by atoms with Crippen molar-refractivity contribution >= 4 is 17.3 Å². The van der Waals surface area contributed by atoms with Crippen LogP contribution in [0, 0.1) is 0 Å². The van der Waals surface area contributed by atoms with Gasteiger partial charge in [0.2, 0.25) is 0 Å². The first-order valence-corrected chi connectivity index (χ1v) is 4.20. The maximum atomic E-state index is 5.77. The molecule has 0 aliphatic heterocycles. The SMILES string of the molecule is Nc1cc(Cl)ccc1-n1cccn1. The number of aromatic nitrogens is 2. The number of hydrogen-bond acceptors (Lipinski definition) is 2. The minimum absolute atomic E-state index is 0.621. The maximum Gasteiger partial charge on any atom is 0.0875 e. The number of halogens is 1. The van der Waals surface area contributed by atoms with Gasteiger partial charge in [0.05, 0.1) is 11.4 Å². The third-order valence-electron chi connectivity index (χ3n) is 1.74. The fraction of sp³-hybridized carbons (Fsp3) is 0. The van der Waals surface area contributed by atoms with E-state index in [9.17, 15) is 0 Å². The van der Waals surface area contributed by atoms with Crippen molar-refractivity contribution < 1.29 is 0 Å². The van der Waals surface area contributed by atoms with E-state index < -0.39 is 0 Å². The number of rotatable bonds is 1. The fourth-order valence-electron chi connectivity index (χ4n) is 1.15. The minimum atomic E-state index is 0.621. The predicted octanol–water partition coefficient (Wildman–Crippen LogP) is 2.11. The molecule has 0 aliphatic rings. The van der Waals surface area contributed by atoms with Crippen molar-refractivity contribution in [2.75, 3.05) is 5.73 Å². The molecule has 0 amide bonds. The van der Waals surface area contributed by atoms with Gasteiger partial charge < -0.3 is 5.73 Å². The Morgan fingerprint density at radius 1 is 1.38 bits per heavy atom. The fourth-order valence-corrected chi connectivity index (χ4v) is 1.33. The quantitative estimate of drug-likeness (QED) is 0.705. The Kier molecular flexibility index (Phi) is 1.94. The number of nitrogens with two attached hydrogens (primary N) is 1. The molecule has 0 atom stereocenters. The molecule has 0 saturated heterocycles. The Labute approximate surface area is 80.7 Å². The second-order valence-electron chi connectivity index (χ2n) is 2.65. The third kappa shape index (κ3) is 1.51. The van der Waals surface area contributed by atoms with E-state index in [-0.39, 0.29) is 0 Å². The Hall–Kier alpha value is -1.48. The minimum Gasteiger partial charge on any atom is -0.397 e. The van der Waals surface area contributed by atoms with Gasteiger partial charge in [-0.05, 0) is 24.3 Å². The second-order valence-corrected chi connectivity index (χ2v) is 3.09. The Morgan fingerprint density at radius 3 is 2.85 bits per heavy atom. The summed E-state index contributed by atoms with van der Waals surface area (Å²) in [5, 5.41) is 4.70. The molecule has 0 radical (unpaired) electrons. The van der Waals surface area contributed by atoms with Crippen LogP contribution in [0.5, 0.6) is 0 Å². The molecule has 0 saturated carbocycles. The molecule has 0 aliphatic carbocycles. The number of anilines is 1. The smallest absolute Gasteiger partial charge is 0.0875 e. The van der Waals surface area contributed by atoms with Crippen LogP contribution in [-0.2, 0) is 0 Å². The van der Waals surface area contributed by atoms with Crippen molar-refractivity contribution in [3.63, 3.8) is 0 Å². The van der Waals surface area contributed by atoms with Gasteiger partial charge in [-0.1, -0.05) is 11.6 Å². The maximum absolute atomic E-state index is 5.77. The zero-order valence-electron chi connectivity index (χ0n) is 6.81. The standard InChI is InChI=1S/C9H8ClN3/c10-7-2-3-9(8(11)6-7)13-5-1-4-12-13/h1-6H,11H2. The Bertz CT molecular complexity index is 409. The van der Waals surface area contributed by atoms with Gasteiger partial charge in [-0.2, -0.15) is 5.10 Å². The lowest BCUT2D eigenvalue weighted by molar-refractivity contribution is 0.883. The third-order valence-corrected chi connectivity index (χ3v) is 1.98. The van der Waals surface area contributed by atoms with E-state index in [1.54, 1.807) is 23.0 Å². The highest BCUT2D eigenvalue weighted by Crippen LogP contribution is 2.20. The first-order valence-electron chi connectivity index (χ1n) is 3.82. The van der Waals surface area contributed by atoms with Gasteiger partial charge in [0.1, 0.15) is 0 Å². The molecule has 66 valence electrons. The van der Waals surface area contributed by atoms with E-state index in [0.29, 0.717) is 10.7 Å². The van der Waals surface area contributed by atoms with Crippen LogP contribution in [0.1, 0.15) is 0 Å². The highest BCUT2D eigenvalue weighted by molar-refractivity contribution is 6.30. The van der Waals surface area contributed by atoms with Crippen LogP contribution < -0.4 is 5.73 Å². The highest BCUT2D eigenvalue weighted by atomic mass is 35.5. The number of hydrogen-bond donors (Lipinski definition) is 1. The summed E-state index contributed by atoms with van der Waals surface area (Å²) < 4.78 is 1.70. The first-order chi connectivity index (χ1) is 6.27. The molecule has 13 heavy (non-hydrogen) atoms. The zero-order chi connectivity index (χ0) is 9.26. The van der Waals surface area contributed by atoms with Gasteiger partial charge >= 0.3 is 0 Å². The van der Waals surface area contributed by atoms with Crippen LogP contribution in [0.2, 0.25) is 5.02 Å². The largest absolute Gasteiger partial charge is 0.397 e. The monoisotopic (exact) mass is 193 g/mol. The lowest BCUT2D eigenvalue weighted by Crippen LogP contribution is -1.99. The van der Waals surface area contributed by atoms with Crippen molar-refractivity contribution in [2.24, 2.45) is 0 Å². The molecule has 3 nitrogen and oxygen atoms in total. The molecule has 4 heteroatoms. The highest BCUT2D eigenvalue weighted by Gasteiger charge is 2.01. The van der Waals surface area contributed by atoms with Gasteiger partial charge in [0.25, 0.3) is 0 Å². The topological polar surface area (TPSA) is 43.8 Å². The van der Waals surface area contributed by atoms with E-state index >= 15 is 0 Å². The van der Waals surface area contributed by atoms with Gasteiger partial charge in [0, 0.05) is 17.4 Å². The van der Waals surface area contributed by atoms with Crippen molar-refractivity contribution in [2.45, 2.75) is 0 Å². The molecule has 1 aromatic carbocycles. The van der Waals surface area contributed by atoms with Crippen LogP contribution in [0.15, 0.2) is 36.7 Å². The van der Waals surface area contributed by atoms with Gasteiger partial charge in [0.15, 0.2) is 0 Å². The van der Waals surface area contributed by atoms with Crippen LogP contribution in [0.4, 0.5) is 5.69 Å². The average Bonchev–Trinajstić information content (AvgIpc) is 2.56. The summed E-state index contributed by atoms with van der Waals surface area (Å²) in [4.78, 5) is 0. The van der Waals surface area contributed by atoms with E-state index in [1.807, 2.05) is 18.3 Å². The molecule has 2 N–H and O–H groups in total. The number of nitrogens with zero attached hydrogens (tertiary/aromatic N) is 2.